The van der Waals surface area contributed by atoms with Gasteiger partial charge >= 0.3 is 0 Å². The van der Waals surface area contributed by atoms with E-state index >= 15 is 0 Å². The first-order valence-electron chi connectivity index (χ1n) is 20.3. The third kappa shape index (κ3) is 5.46. The van der Waals surface area contributed by atoms with Crippen molar-refractivity contribution in [3.63, 3.8) is 0 Å². The van der Waals surface area contributed by atoms with Crippen LogP contribution < -0.4 is 0 Å². The molecule has 278 valence electrons. The van der Waals surface area contributed by atoms with Gasteiger partial charge in [0.25, 0.3) is 0 Å². The van der Waals surface area contributed by atoms with Crippen molar-refractivity contribution < 1.29 is 0 Å². The zero-order chi connectivity index (χ0) is 39.6. The van der Waals surface area contributed by atoms with Crippen LogP contribution in [0.25, 0.3) is 121 Å². The lowest BCUT2D eigenvalue weighted by Crippen LogP contribution is -2.02. The monoisotopic (exact) mass is 762 g/mol. The molecule has 0 aliphatic rings. The van der Waals surface area contributed by atoms with Gasteiger partial charge in [-0.25, -0.2) is 19.9 Å². The lowest BCUT2D eigenvalue weighted by Gasteiger charge is -2.17. The molecule has 0 bridgehead atoms. The van der Waals surface area contributed by atoms with Crippen LogP contribution >= 0.6 is 0 Å². The number of fused-ring (bicyclic) bond motifs is 9. The number of nitrogens with zero attached hydrogens (tertiary/aromatic N) is 4. The summed E-state index contributed by atoms with van der Waals surface area (Å²) in [5.41, 5.74) is 7.85. The van der Waals surface area contributed by atoms with Crippen LogP contribution in [0.5, 0.6) is 0 Å². The molecule has 12 rings (SSSR count). The van der Waals surface area contributed by atoms with Crippen molar-refractivity contribution >= 4 is 64.8 Å². The first-order valence-corrected chi connectivity index (χ1v) is 20.3. The van der Waals surface area contributed by atoms with E-state index in [-0.39, 0.29) is 0 Å². The summed E-state index contributed by atoms with van der Waals surface area (Å²) in [6.07, 6.45) is 0. The second kappa shape index (κ2) is 13.8. The Hall–Kier alpha value is -8.08. The fraction of sp³-hybridized carbons (Fsp3) is 0. The van der Waals surface area contributed by atoms with E-state index in [2.05, 4.69) is 206 Å². The first kappa shape index (κ1) is 34.0. The van der Waals surface area contributed by atoms with Gasteiger partial charge in [0.15, 0.2) is 17.5 Å². The number of aromatic nitrogens is 4. The van der Waals surface area contributed by atoms with Gasteiger partial charge in [-0.2, -0.15) is 0 Å². The first-order chi connectivity index (χ1) is 29.8. The fourth-order valence-corrected chi connectivity index (χ4v) is 9.15. The molecule has 4 nitrogen and oxygen atoms in total. The van der Waals surface area contributed by atoms with Gasteiger partial charge < -0.3 is 0 Å². The fourth-order valence-electron chi connectivity index (χ4n) is 9.15. The quantitative estimate of drug-likeness (QED) is 0.164. The predicted octanol–water partition coefficient (Wildman–Crippen LogP) is 14.5. The Morgan fingerprint density at radius 1 is 0.250 bits per heavy atom. The Morgan fingerprint density at radius 2 is 0.667 bits per heavy atom. The van der Waals surface area contributed by atoms with Crippen molar-refractivity contribution in [1.82, 2.24) is 19.9 Å². The maximum Gasteiger partial charge on any atom is 0.166 e. The third-order valence-electron chi connectivity index (χ3n) is 11.9. The van der Waals surface area contributed by atoms with E-state index in [0.717, 1.165) is 93.1 Å². The van der Waals surface area contributed by atoms with Crippen LogP contribution in [0.4, 0.5) is 0 Å². The van der Waals surface area contributed by atoms with Crippen LogP contribution in [0.3, 0.4) is 0 Å². The second-order valence-electron chi connectivity index (χ2n) is 15.3. The molecule has 4 heteroatoms. The maximum absolute atomic E-state index is 5.57. The normalized spacial score (nSPS) is 11.7. The Kier molecular flexibility index (Phi) is 7.82. The standard InChI is InChI=1S/C56H34N4/c1-3-17-35(18-4-1)41-29-15-30-46-51(41)47-31-16-32-48(53(47)57-52(46)36-19-5-2-6-20-36)54-58-55(49-33-37-21-7-9-23-39(37)42-25-11-13-27-44(42)49)60-56(59-54)50-34-38-22-8-10-24-40(38)43-26-12-14-28-45(43)50/h1-34H. The van der Waals surface area contributed by atoms with Gasteiger partial charge in [0.2, 0.25) is 0 Å². The Balaban J connectivity index is 1.21. The molecule has 0 aliphatic heterocycles. The molecular weight excluding hydrogens is 729 g/mol. The molecule has 0 atom stereocenters. The van der Waals surface area contributed by atoms with Gasteiger partial charge in [-0.05, 0) is 72.4 Å². The Labute approximate surface area is 346 Å². The number of rotatable bonds is 5. The van der Waals surface area contributed by atoms with Gasteiger partial charge in [0.1, 0.15) is 0 Å². The van der Waals surface area contributed by atoms with Gasteiger partial charge in [0.05, 0.1) is 11.2 Å². The summed E-state index contributed by atoms with van der Waals surface area (Å²) in [4.78, 5) is 21.9. The maximum atomic E-state index is 5.57. The van der Waals surface area contributed by atoms with Crippen LogP contribution in [-0.4, -0.2) is 19.9 Å². The van der Waals surface area contributed by atoms with Crippen molar-refractivity contribution in [2.45, 2.75) is 0 Å². The highest BCUT2D eigenvalue weighted by Gasteiger charge is 2.22. The number of hydrogen-bond donors (Lipinski definition) is 0. The van der Waals surface area contributed by atoms with Crippen LogP contribution in [0.15, 0.2) is 206 Å². The largest absolute Gasteiger partial charge is 0.246 e. The minimum Gasteiger partial charge on any atom is -0.246 e. The molecule has 0 saturated heterocycles. The molecule has 60 heavy (non-hydrogen) atoms. The van der Waals surface area contributed by atoms with E-state index in [1.807, 2.05) is 0 Å². The molecule has 2 heterocycles. The summed E-state index contributed by atoms with van der Waals surface area (Å²) in [5.74, 6) is 1.79. The van der Waals surface area contributed by atoms with Gasteiger partial charge in [0, 0.05) is 38.4 Å². The summed E-state index contributed by atoms with van der Waals surface area (Å²) in [7, 11) is 0. The van der Waals surface area contributed by atoms with E-state index in [1.54, 1.807) is 0 Å². The highest BCUT2D eigenvalue weighted by molar-refractivity contribution is 6.20. The molecule has 0 spiro atoms. The minimum atomic E-state index is 0.568. The van der Waals surface area contributed by atoms with E-state index in [1.165, 1.54) is 10.8 Å². The number of para-hydroxylation sites is 1. The summed E-state index contributed by atoms with van der Waals surface area (Å²) in [6, 6.07) is 72.7. The van der Waals surface area contributed by atoms with Gasteiger partial charge in [-0.1, -0.05) is 188 Å². The highest BCUT2D eigenvalue weighted by Crippen LogP contribution is 2.42. The SMILES string of the molecule is c1ccc(-c2nc3c(-c4nc(-c5cc6ccccc6c6ccccc56)nc(-c5cc6ccccc6c6ccccc56)n4)cccc3c3c(-c4ccccc4)cccc23)cc1. The van der Waals surface area contributed by atoms with Crippen molar-refractivity contribution in [3.05, 3.63) is 206 Å². The molecule has 12 aromatic rings. The van der Waals surface area contributed by atoms with Crippen LogP contribution in [0.1, 0.15) is 0 Å². The number of benzene rings is 10. The van der Waals surface area contributed by atoms with E-state index in [9.17, 15) is 0 Å². The lowest BCUT2D eigenvalue weighted by atomic mass is 9.92. The number of pyridine rings is 1. The van der Waals surface area contributed by atoms with E-state index in [4.69, 9.17) is 19.9 Å². The summed E-state index contributed by atoms with van der Waals surface area (Å²) in [6.45, 7) is 0. The summed E-state index contributed by atoms with van der Waals surface area (Å²) in [5, 5.41) is 12.4. The minimum absolute atomic E-state index is 0.568. The molecule has 0 unspecified atom stereocenters. The summed E-state index contributed by atoms with van der Waals surface area (Å²) < 4.78 is 0. The van der Waals surface area contributed by atoms with Crippen LogP contribution in [0, 0.1) is 0 Å². The third-order valence-corrected chi connectivity index (χ3v) is 11.9. The van der Waals surface area contributed by atoms with Gasteiger partial charge in [-0.15, -0.1) is 0 Å². The second-order valence-corrected chi connectivity index (χ2v) is 15.3. The van der Waals surface area contributed by atoms with Crippen LogP contribution in [0.2, 0.25) is 0 Å². The number of hydrogen-bond acceptors (Lipinski definition) is 4. The van der Waals surface area contributed by atoms with E-state index in [0.29, 0.717) is 17.5 Å². The topological polar surface area (TPSA) is 51.6 Å². The predicted molar refractivity (Wildman–Crippen MR) is 250 cm³/mol. The van der Waals surface area contributed by atoms with Crippen molar-refractivity contribution in [3.8, 4) is 56.5 Å². The molecule has 2 aromatic heterocycles. The molecule has 10 aromatic carbocycles. The lowest BCUT2D eigenvalue weighted by molar-refractivity contribution is 1.08. The smallest absolute Gasteiger partial charge is 0.166 e. The molecule has 0 radical (unpaired) electrons. The molecular formula is C56H34N4. The van der Waals surface area contributed by atoms with Crippen LogP contribution in [-0.2, 0) is 0 Å². The molecule has 0 saturated carbocycles. The molecule has 0 N–H and O–H groups in total. The average Bonchev–Trinajstić information content (AvgIpc) is 3.33. The van der Waals surface area contributed by atoms with Crippen molar-refractivity contribution in [2.24, 2.45) is 0 Å². The van der Waals surface area contributed by atoms with Crippen molar-refractivity contribution in [1.29, 1.82) is 0 Å². The average molecular weight is 763 g/mol. The molecule has 0 aliphatic carbocycles. The van der Waals surface area contributed by atoms with Crippen molar-refractivity contribution in [2.75, 3.05) is 0 Å². The molecule has 0 amide bonds. The molecule has 0 fully saturated rings. The highest BCUT2D eigenvalue weighted by atomic mass is 15.0. The van der Waals surface area contributed by atoms with E-state index < -0.39 is 0 Å². The zero-order valence-corrected chi connectivity index (χ0v) is 32.4. The van der Waals surface area contributed by atoms with Gasteiger partial charge in [-0.3, -0.25) is 0 Å². The summed E-state index contributed by atoms with van der Waals surface area (Å²) >= 11 is 0. The zero-order valence-electron chi connectivity index (χ0n) is 32.4. The Morgan fingerprint density at radius 3 is 1.23 bits per heavy atom. The Bertz CT molecular complexity index is 3520.